The van der Waals surface area contributed by atoms with E-state index in [4.69, 9.17) is 28.3 Å². The van der Waals surface area contributed by atoms with E-state index in [1.807, 2.05) is 0 Å². The van der Waals surface area contributed by atoms with Crippen LogP contribution in [-0.2, 0) is 4.79 Å². The predicted octanol–water partition coefficient (Wildman–Crippen LogP) is 4.07. The molecular formula is C16H15Cl2NO3. The molecule has 1 aromatic carbocycles. The SMILES string of the molecule is O=C(O)CCC(c1cc(Cl)ccn1)C(O)c1ccc(Cl)cc1. The van der Waals surface area contributed by atoms with E-state index in [1.165, 1.54) is 0 Å². The van der Waals surface area contributed by atoms with Crippen LogP contribution >= 0.6 is 23.2 Å². The van der Waals surface area contributed by atoms with Crippen LogP contribution in [0.2, 0.25) is 10.0 Å². The van der Waals surface area contributed by atoms with Gasteiger partial charge in [0.05, 0.1) is 6.10 Å². The van der Waals surface area contributed by atoms with Gasteiger partial charge in [0.25, 0.3) is 0 Å². The van der Waals surface area contributed by atoms with Gasteiger partial charge >= 0.3 is 5.97 Å². The van der Waals surface area contributed by atoms with Gasteiger partial charge in [-0.3, -0.25) is 9.78 Å². The van der Waals surface area contributed by atoms with Crippen molar-refractivity contribution >= 4 is 29.2 Å². The van der Waals surface area contributed by atoms with Crippen LogP contribution in [0.3, 0.4) is 0 Å². The van der Waals surface area contributed by atoms with Crippen LogP contribution < -0.4 is 0 Å². The minimum absolute atomic E-state index is 0.0660. The Morgan fingerprint density at radius 2 is 1.82 bits per heavy atom. The summed E-state index contributed by atoms with van der Waals surface area (Å²) in [6, 6.07) is 10.1. The molecule has 4 nitrogen and oxygen atoms in total. The first-order valence-electron chi connectivity index (χ1n) is 6.74. The number of pyridine rings is 1. The maximum atomic E-state index is 10.9. The number of rotatable bonds is 6. The number of aromatic nitrogens is 1. The summed E-state index contributed by atoms with van der Waals surface area (Å²) in [5, 5.41) is 20.6. The minimum atomic E-state index is -0.921. The molecule has 0 fully saturated rings. The number of aliphatic hydroxyl groups is 1. The summed E-state index contributed by atoms with van der Waals surface area (Å²) < 4.78 is 0. The van der Waals surface area contributed by atoms with Gasteiger partial charge in [0.2, 0.25) is 0 Å². The molecule has 0 saturated heterocycles. The van der Waals surface area contributed by atoms with E-state index in [1.54, 1.807) is 42.6 Å². The van der Waals surface area contributed by atoms with Crippen molar-refractivity contribution in [3.8, 4) is 0 Å². The molecule has 0 aliphatic heterocycles. The van der Waals surface area contributed by atoms with Gasteiger partial charge in [-0.15, -0.1) is 0 Å². The first-order chi connectivity index (χ1) is 10.5. The van der Waals surface area contributed by atoms with Gasteiger partial charge in [-0.05, 0) is 36.2 Å². The summed E-state index contributed by atoms with van der Waals surface area (Å²) in [6.45, 7) is 0. The summed E-state index contributed by atoms with van der Waals surface area (Å²) >= 11 is 11.8. The summed E-state index contributed by atoms with van der Waals surface area (Å²) in [5.74, 6) is -1.38. The van der Waals surface area contributed by atoms with Crippen LogP contribution in [0.4, 0.5) is 0 Å². The molecule has 0 aliphatic carbocycles. The largest absolute Gasteiger partial charge is 0.481 e. The fraction of sp³-hybridized carbons (Fsp3) is 0.250. The van der Waals surface area contributed by atoms with E-state index in [2.05, 4.69) is 4.98 Å². The molecule has 2 unspecified atom stereocenters. The predicted molar refractivity (Wildman–Crippen MR) is 85.3 cm³/mol. The summed E-state index contributed by atoms with van der Waals surface area (Å²) in [5.41, 5.74) is 1.22. The molecule has 0 aliphatic rings. The summed E-state index contributed by atoms with van der Waals surface area (Å²) in [7, 11) is 0. The minimum Gasteiger partial charge on any atom is -0.481 e. The van der Waals surface area contributed by atoms with Crippen molar-refractivity contribution in [2.75, 3.05) is 0 Å². The normalized spacial score (nSPS) is 13.6. The first kappa shape index (κ1) is 16.7. The number of hydrogen-bond acceptors (Lipinski definition) is 3. The Kier molecular flexibility index (Phi) is 5.77. The number of hydrogen-bond donors (Lipinski definition) is 2. The van der Waals surface area contributed by atoms with Gasteiger partial charge in [0.1, 0.15) is 0 Å². The highest BCUT2D eigenvalue weighted by Crippen LogP contribution is 2.34. The summed E-state index contributed by atoms with van der Waals surface area (Å²) in [6.07, 6.45) is 0.846. The number of aliphatic carboxylic acids is 1. The van der Waals surface area contributed by atoms with Crippen molar-refractivity contribution in [3.05, 3.63) is 63.9 Å². The molecule has 0 bridgehead atoms. The summed E-state index contributed by atoms with van der Waals surface area (Å²) in [4.78, 5) is 15.1. The van der Waals surface area contributed by atoms with Crippen LogP contribution in [0.1, 0.15) is 36.1 Å². The number of nitrogens with zero attached hydrogens (tertiary/aromatic N) is 1. The Morgan fingerprint density at radius 3 is 2.41 bits per heavy atom. The average Bonchev–Trinajstić information content (AvgIpc) is 2.48. The highest BCUT2D eigenvalue weighted by Gasteiger charge is 2.25. The zero-order valence-electron chi connectivity index (χ0n) is 11.6. The second-order valence-electron chi connectivity index (χ2n) is 4.93. The van der Waals surface area contributed by atoms with E-state index in [0.29, 0.717) is 21.3 Å². The zero-order valence-corrected chi connectivity index (χ0v) is 13.1. The molecule has 0 spiro atoms. The lowest BCUT2D eigenvalue weighted by molar-refractivity contribution is -0.137. The Hall–Kier alpha value is -1.62. The Labute approximate surface area is 138 Å². The maximum absolute atomic E-state index is 10.9. The van der Waals surface area contributed by atoms with Gasteiger partial charge < -0.3 is 10.2 Å². The maximum Gasteiger partial charge on any atom is 0.303 e. The van der Waals surface area contributed by atoms with Crippen molar-refractivity contribution in [3.63, 3.8) is 0 Å². The fourth-order valence-electron chi connectivity index (χ4n) is 2.26. The van der Waals surface area contributed by atoms with E-state index >= 15 is 0 Å². The van der Waals surface area contributed by atoms with Gasteiger partial charge in [-0.1, -0.05) is 35.3 Å². The molecule has 0 radical (unpaired) electrons. The fourth-order valence-corrected chi connectivity index (χ4v) is 2.56. The lowest BCUT2D eigenvalue weighted by atomic mass is 9.88. The number of carboxylic acids is 1. The Balaban J connectivity index is 2.30. The number of carbonyl (C=O) groups is 1. The zero-order chi connectivity index (χ0) is 16.1. The highest BCUT2D eigenvalue weighted by molar-refractivity contribution is 6.30. The second-order valence-corrected chi connectivity index (χ2v) is 5.81. The number of carboxylic acid groups (broad SMARTS) is 1. The Bertz CT molecular complexity index is 646. The average molecular weight is 340 g/mol. The van der Waals surface area contributed by atoms with Crippen molar-refractivity contribution in [1.29, 1.82) is 0 Å². The highest BCUT2D eigenvalue weighted by atomic mass is 35.5. The molecule has 6 heteroatoms. The van der Waals surface area contributed by atoms with Crippen LogP contribution in [0, 0.1) is 0 Å². The van der Waals surface area contributed by atoms with E-state index in [9.17, 15) is 9.90 Å². The van der Waals surface area contributed by atoms with Crippen LogP contribution in [0.15, 0.2) is 42.6 Å². The molecule has 1 heterocycles. The molecule has 1 aromatic heterocycles. The van der Waals surface area contributed by atoms with Gasteiger partial charge in [-0.2, -0.15) is 0 Å². The van der Waals surface area contributed by atoms with E-state index in [0.717, 1.165) is 0 Å². The van der Waals surface area contributed by atoms with Gasteiger partial charge in [0, 0.05) is 34.3 Å². The standard InChI is InChI=1S/C16H15Cl2NO3/c17-11-3-1-10(2-4-11)16(22)13(5-6-15(20)21)14-9-12(18)7-8-19-14/h1-4,7-9,13,16,22H,5-6H2,(H,20,21). The van der Waals surface area contributed by atoms with Crippen molar-refractivity contribution in [1.82, 2.24) is 4.98 Å². The van der Waals surface area contributed by atoms with E-state index < -0.39 is 18.0 Å². The third kappa shape index (κ3) is 4.44. The second kappa shape index (κ2) is 7.58. The molecular weight excluding hydrogens is 325 g/mol. The number of benzene rings is 1. The number of aliphatic hydroxyl groups excluding tert-OH is 1. The molecule has 22 heavy (non-hydrogen) atoms. The third-order valence-electron chi connectivity index (χ3n) is 3.38. The van der Waals surface area contributed by atoms with Gasteiger partial charge in [-0.25, -0.2) is 0 Å². The lowest BCUT2D eigenvalue weighted by Gasteiger charge is -2.22. The first-order valence-corrected chi connectivity index (χ1v) is 7.49. The van der Waals surface area contributed by atoms with Crippen molar-refractivity contribution < 1.29 is 15.0 Å². The number of halogens is 2. The van der Waals surface area contributed by atoms with Crippen LogP contribution in [0.5, 0.6) is 0 Å². The van der Waals surface area contributed by atoms with Crippen molar-refractivity contribution in [2.45, 2.75) is 24.9 Å². The van der Waals surface area contributed by atoms with Crippen LogP contribution in [-0.4, -0.2) is 21.2 Å². The topological polar surface area (TPSA) is 70.4 Å². The molecule has 0 saturated carbocycles. The molecule has 2 aromatic rings. The lowest BCUT2D eigenvalue weighted by Crippen LogP contribution is -2.14. The smallest absolute Gasteiger partial charge is 0.303 e. The molecule has 2 N–H and O–H groups in total. The van der Waals surface area contributed by atoms with Crippen LogP contribution in [0.25, 0.3) is 0 Å². The quantitative estimate of drug-likeness (QED) is 0.832. The monoisotopic (exact) mass is 339 g/mol. The molecule has 2 atom stereocenters. The van der Waals surface area contributed by atoms with Crippen molar-refractivity contribution in [2.24, 2.45) is 0 Å². The third-order valence-corrected chi connectivity index (χ3v) is 3.87. The molecule has 116 valence electrons. The Morgan fingerprint density at radius 1 is 1.14 bits per heavy atom. The molecule has 2 rings (SSSR count). The van der Waals surface area contributed by atoms with E-state index in [-0.39, 0.29) is 12.8 Å². The molecule has 0 amide bonds. The van der Waals surface area contributed by atoms with Gasteiger partial charge in [0.15, 0.2) is 0 Å².